The summed E-state index contributed by atoms with van der Waals surface area (Å²) in [5.74, 6) is -0.799. The summed E-state index contributed by atoms with van der Waals surface area (Å²) in [7, 11) is -3.86. The van der Waals surface area contributed by atoms with Crippen LogP contribution in [-0.4, -0.2) is 22.6 Å². The molecule has 2 N–H and O–H groups in total. The average molecular weight is 317 g/mol. The number of nitrogens with zero attached hydrogens (tertiary/aromatic N) is 1. The van der Waals surface area contributed by atoms with Crippen molar-refractivity contribution in [3.8, 4) is 11.5 Å². The minimum absolute atomic E-state index is 0.0816. The number of rotatable bonds is 2. The van der Waals surface area contributed by atoms with E-state index in [-0.39, 0.29) is 16.2 Å². The molecule has 6 heteroatoms. The van der Waals surface area contributed by atoms with Crippen LogP contribution >= 0.6 is 0 Å². The molecule has 0 unspecified atom stereocenters. The summed E-state index contributed by atoms with van der Waals surface area (Å²) in [5.41, 5.74) is 1.73. The van der Waals surface area contributed by atoms with Gasteiger partial charge in [-0.3, -0.25) is 0 Å². The van der Waals surface area contributed by atoms with E-state index >= 15 is 0 Å². The number of phenolic OH excluding ortho intramolecular Hbond substituents is 2. The second-order valence-corrected chi connectivity index (χ2v) is 7.07. The molecule has 3 aromatic rings. The highest BCUT2D eigenvalue weighted by Crippen LogP contribution is 2.37. The third-order valence-electron chi connectivity index (χ3n) is 3.66. The van der Waals surface area contributed by atoms with Crippen molar-refractivity contribution in [2.75, 3.05) is 0 Å². The van der Waals surface area contributed by atoms with Crippen molar-refractivity contribution in [2.24, 2.45) is 0 Å². The van der Waals surface area contributed by atoms with Gasteiger partial charge in [0.15, 0.2) is 11.5 Å². The summed E-state index contributed by atoms with van der Waals surface area (Å²) in [6.07, 6.45) is 1.44. The van der Waals surface area contributed by atoms with Crippen LogP contribution in [0.3, 0.4) is 0 Å². The Morgan fingerprint density at radius 2 is 1.59 bits per heavy atom. The maximum absolute atomic E-state index is 12.8. The highest BCUT2D eigenvalue weighted by Gasteiger charge is 2.23. The van der Waals surface area contributed by atoms with E-state index in [9.17, 15) is 18.6 Å². The van der Waals surface area contributed by atoms with E-state index in [0.29, 0.717) is 10.9 Å². The highest BCUT2D eigenvalue weighted by molar-refractivity contribution is 7.90. The van der Waals surface area contributed by atoms with E-state index in [2.05, 4.69) is 0 Å². The van der Waals surface area contributed by atoms with Gasteiger partial charge in [0, 0.05) is 11.6 Å². The molecule has 22 heavy (non-hydrogen) atoms. The van der Waals surface area contributed by atoms with Crippen LogP contribution in [0.25, 0.3) is 10.9 Å². The van der Waals surface area contributed by atoms with Crippen molar-refractivity contribution in [1.29, 1.82) is 0 Å². The van der Waals surface area contributed by atoms with Crippen molar-refractivity contribution in [1.82, 2.24) is 3.97 Å². The molecule has 0 saturated heterocycles. The predicted octanol–water partition coefficient (Wildman–Crippen LogP) is 2.91. The monoisotopic (exact) mass is 317 g/mol. The Bertz CT molecular complexity index is 970. The summed E-state index contributed by atoms with van der Waals surface area (Å²) >= 11 is 0. The molecular formula is C16H15NO4S. The molecule has 0 aliphatic heterocycles. The fourth-order valence-corrected chi connectivity index (χ4v) is 3.86. The number of aromatic nitrogens is 1. The van der Waals surface area contributed by atoms with E-state index in [4.69, 9.17) is 0 Å². The minimum atomic E-state index is -3.86. The summed E-state index contributed by atoms with van der Waals surface area (Å²) < 4.78 is 26.6. The Morgan fingerprint density at radius 1 is 0.955 bits per heavy atom. The van der Waals surface area contributed by atoms with Crippen LogP contribution < -0.4 is 0 Å². The smallest absolute Gasteiger partial charge is 0.268 e. The van der Waals surface area contributed by atoms with Gasteiger partial charge in [-0.2, -0.15) is 0 Å². The van der Waals surface area contributed by atoms with Crippen LogP contribution in [0.4, 0.5) is 0 Å². The first-order valence-corrected chi connectivity index (χ1v) is 8.11. The topological polar surface area (TPSA) is 79.5 Å². The largest absolute Gasteiger partial charge is 0.504 e. The molecule has 2 aromatic carbocycles. The quantitative estimate of drug-likeness (QED) is 0.712. The zero-order valence-corrected chi connectivity index (χ0v) is 12.9. The van der Waals surface area contributed by atoms with Gasteiger partial charge in [0.2, 0.25) is 0 Å². The molecule has 0 bridgehead atoms. The molecule has 5 nitrogen and oxygen atoms in total. The van der Waals surface area contributed by atoms with Gasteiger partial charge in [0.1, 0.15) is 5.52 Å². The third kappa shape index (κ3) is 2.03. The van der Waals surface area contributed by atoms with Crippen LogP contribution in [0.1, 0.15) is 11.1 Å². The number of fused-ring (bicyclic) bond motifs is 1. The van der Waals surface area contributed by atoms with E-state index in [1.807, 2.05) is 6.92 Å². The lowest BCUT2D eigenvalue weighted by molar-refractivity contribution is 0.407. The Labute approximate surface area is 128 Å². The second-order valence-electron chi connectivity index (χ2n) is 5.26. The minimum Gasteiger partial charge on any atom is -0.504 e. The molecule has 1 aromatic heterocycles. The molecule has 0 aliphatic carbocycles. The maximum atomic E-state index is 12.8. The molecule has 0 saturated carbocycles. The van der Waals surface area contributed by atoms with Gasteiger partial charge in [-0.15, -0.1) is 0 Å². The molecule has 0 fully saturated rings. The van der Waals surface area contributed by atoms with Crippen molar-refractivity contribution >= 4 is 20.9 Å². The Hall–Kier alpha value is -2.47. The fourth-order valence-electron chi connectivity index (χ4n) is 2.43. The number of phenols is 2. The molecule has 0 atom stereocenters. The zero-order valence-electron chi connectivity index (χ0n) is 12.1. The SMILES string of the molecule is Cc1ccc(S(=O)(=O)n2cc(C)c3ccc(O)c(O)c32)cc1. The number of hydrogen-bond acceptors (Lipinski definition) is 4. The van der Waals surface area contributed by atoms with Gasteiger partial charge in [-0.05, 0) is 43.7 Å². The predicted molar refractivity (Wildman–Crippen MR) is 83.8 cm³/mol. The average Bonchev–Trinajstić information content (AvgIpc) is 2.82. The Balaban J connectivity index is 2.34. The van der Waals surface area contributed by atoms with Crippen LogP contribution in [0, 0.1) is 13.8 Å². The van der Waals surface area contributed by atoms with Crippen molar-refractivity contribution in [3.63, 3.8) is 0 Å². The number of benzene rings is 2. The summed E-state index contributed by atoms with van der Waals surface area (Å²) in [5, 5.41) is 20.3. The lowest BCUT2D eigenvalue weighted by Crippen LogP contribution is -2.11. The van der Waals surface area contributed by atoms with Gasteiger partial charge >= 0.3 is 0 Å². The van der Waals surface area contributed by atoms with Gasteiger partial charge < -0.3 is 10.2 Å². The van der Waals surface area contributed by atoms with Crippen molar-refractivity contribution in [2.45, 2.75) is 18.7 Å². The number of aromatic hydroxyl groups is 2. The summed E-state index contributed by atoms with van der Waals surface area (Å²) in [6.45, 7) is 3.62. The van der Waals surface area contributed by atoms with Crippen LogP contribution in [0.15, 0.2) is 47.5 Å². The first-order chi connectivity index (χ1) is 10.3. The van der Waals surface area contributed by atoms with Crippen molar-refractivity contribution in [3.05, 3.63) is 53.7 Å². The van der Waals surface area contributed by atoms with E-state index < -0.39 is 15.8 Å². The van der Waals surface area contributed by atoms with Gasteiger partial charge in [0.25, 0.3) is 10.0 Å². The molecule has 0 aliphatic rings. The van der Waals surface area contributed by atoms with Crippen LogP contribution in [-0.2, 0) is 10.0 Å². The van der Waals surface area contributed by atoms with Crippen LogP contribution in [0.5, 0.6) is 11.5 Å². The second kappa shape index (κ2) is 4.78. The number of aryl methyl sites for hydroxylation is 2. The number of hydrogen-bond donors (Lipinski definition) is 2. The fraction of sp³-hybridized carbons (Fsp3) is 0.125. The molecule has 0 spiro atoms. The lowest BCUT2D eigenvalue weighted by atomic mass is 10.2. The van der Waals surface area contributed by atoms with Gasteiger partial charge in [-0.1, -0.05) is 17.7 Å². The first kappa shape index (κ1) is 14.5. The zero-order chi connectivity index (χ0) is 16.1. The highest BCUT2D eigenvalue weighted by atomic mass is 32.2. The first-order valence-electron chi connectivity index (χ1n) is 6.67. The Kier molecular flexibility index (Phi) is 3.14. The maximum Gasteiger partial charge on any atom is 0.268 e. The van der Waals surface area contributed by atoms with Crippen LogP contribution in [0.2, 0.25) is 0 Å². The molecule has 0 amide bonds. The molecule has 114 valence electrons. The molecule has 1 heterocycles. The normalized spacial score (nSPS) is 11.9. The standard InChI is InChI=1S/C16H15NO4S/c1-10-3-5-12(6-4-10)22(20,21)17-9-11(2)13-7-8-14(18)16(19)15(13)17/h3-9,18-19H,1-2H3. The van der Waals surface area contributed by atoms with E-state index in [0.717, 1.165) is 9.54 Å². The van der Waals surface area contributed by atoms with E-state index in [1.165, 1.54) is 24.4 Å². The Morgan fingerprint density at radius 3 is 2.23 bits per heavy atom. The van der Waals surface area contributed by atoms with Gasteiger partial charge in [-0.25, -0.2) is 12.4 Å². The summed E-state index contributed by atoms with van der Waals surface area (Å²) in [6, 6.07) is 9.39. The summed E-state index contributed by atoms with van der Waals surface area (Å²) in [4.78, 5) is 0.123. The molecule has 3 rings (SSSR count). The molecule has 0 radical (unpaired) electrons. The molecular weight excluding hydrogens is 302 g/mol. The third-order valence-corrected chi connectivity index (χ3v) is 5.34. The lowest BCUT2D eigenvalue weighted by Gasteiger charge is -2.09. The van der Waals surface area contributed by atoms with Crippen molar-refractivity contribution < 1.29 is 18.6 Å². The van der Waals surface area contributed by atoms with Gasteiger partial charge in [0.05, 0.1) is 4.90 Å². The van der Waals surface area contributed by atoms with E-state index in [1.54, 1.807) is 25.1 Å².